The Bertz CT molecular complexity index is 1920. The average molecular weight is 900 g/mol. The Morgan fingerprint density at radius 2 is 1.39 bits per heavy atom. The standard InChI is InChI=1S/C31H31N2S2.C13H24O2.Ir/c1-17(2)12-23-8-10-24(11-9-23)28-20(5)21(6)29(34-28)30-22(7)26-31(35-30)27(33-16-32-26)25-14-18(3)13-19(4)15-25;1-5-10(6-2)12(14)9-13(15)11(7-3)8-4;/h8-11,13-14,16-17H,12H2,1-7H3;9-11,14H,5-8H2,1-4H3;/q-1;;/b;12-9-;. The molecule has 0 spiro atoms. The number of fused-ring (bicyclic) bond motifs is 1. The predicted octanol–water partition coefficient (Wildman–Crippen LogP) is 13.2. The van der Waals surface area contributed by atoms with Crippen molar-refractivity contribution in [2.24, 2.45) is 17.8 Å². The van der Waals surface area contributed by atoms with E-state index in [-0.39, 0.29) is 43.5 Å². The van der Waals surface area contributed by atoms with Gasteiger partial charge in [0.1, 0.15) is 6.33 Å². The van der Waals surface area contributed by atoms with Crippen molar-refractivity contribution in [3.63, 3.8) is 0 Å². The van der Waals surface area contributed by atoms with Gasteiger partial charge < -0.3 is 5.11 Å². The monoisotopic (exact) mass is 900 g/mol. The van der Waals surface area contributed by atoms with Gasteiger partial charge in [-0.25, -0.2) is 4.98 Å². The van der Waals surface area contributed by atoms with E-state index in [1.807, 2.05) is 50.4 Å². The molecule has 1 N–H and O–H groups in total. The number of hydrogen-bond donors (Lipinski definition) is 1. The molecule has 51 heavy (non-hydrogen) atoms. The third kappa shape index (κ3) is 10.1. The number of aromatic nitrogens is 2. The second kappa shape index (κ2) is 19.2. The fourth-order valence-corrected chi connectivity index (χ4v) is 9.41. The van der Waals surface area contributed by atoms with E-state index < -0.39 is 0 Å². The van der Waals surface area contributed by atoms with Crippen LogP contribution in [0.4, 0.5) is 0 Å². The van der Waals surface area contributed by atoms with Crippen LogP contribution in [0.2, 0.25) is 0 Å². The summed E-state index contributed by atoms with van der Waals surface area (Å²) in [5.41, 5.74) is 12.1. The Labute approximate surface area is 328 Å². The molecule has 0 saturated carbocycles. The number of allylic oxidation sites excluding steroid dienone is 2. The van der Waals surface area contributed by atoms with Crippen LogP contribution < -0.4 is 0 Å². The molecule has 0 fully saturated rings. The smallest absolute Gasteiger partial charge is 0.162 e. The normalized spacial score (nSPS) is 11.7. The molecule has 0 saturated heterocycles. The minimum absolute atomic E-state index is 0. The zero-order chi connectivity index (χ0) is 36.7. The largest absolute Gasteiger partial charge is 0.512 e. The van der Waals surface area contributed by atoms with E-state index in [0.717, 1.165) is 59.1 Å². The first-order valence-corrected chi connectivity index (χ1v) is 19.8. The first kappa shape index (κ1) is 42.5. The Hall–Kier alpha value is -2.96. The van der Waals surface area contributed by atoms with Crippen LogP contribution in [0.1, 0.15) is 101 Å². The summed E-state index contributed by atoms with van der Waals surface area (Å²) in [5, 5.41) is 9.76. The molecule has 0 aliphatic rings. The van der Waals surface area contributed by atoms with Crippen LogP contribution in [0.5, 0.6) is 0 Å². The topological polar surface area (TPSA) is 63.1 Å². The first-order valence-electron chi connectivity index (χ1n) is 18.2. The number of thiophene rings is 2. The van der Waals surface area contributed by atoms with Crippen LogP contribution >= 0.6 is 22.7 Å². The summed E-state index contributed by atoms with van der Waals surface area (Å²) >= 11 is 3.72. The number of carbonyl (C=O) groups is 1. The molecule has 275 valence electrons. The molecule has 2 aromatic carbocycles. The van der Waals surface area contributed by atoms with E-state index in [2.05, 4.69) is 90.9 Å². The van der Waals surface area contributed by atoms with E-state index in [0.29, 0.717) is 5.92 Å². The number of carbonyl (C=O) groups excluding carboxylic acids is 1. The zero-order valence-corrected chi connectivity index (χ0v) is 36.3. The number of hydrogen-bond acceptors (Lipinski definition) is 6. The minimum atomic E-state index is 0. The molecule has 1 radical (unpaired) electrons. The second-order valence-corrected chi connectivity index (χ2v) is 16.1. The van der Waals surface area contributed by atoms with Crippen molar-refractivity contribution in [2.45, 2.75) is 108 Å². The fourth-order valence-electron chi connectivity index (χ4n) is 6.59. The third-order valence-electron chi connectivity index (χ3n) is 9.70. The van der Waals surface area contributed by atoms with Crippen molar-refractivity contribution in [3.8, 4) is 31.5 Å². The number of aliphatic hydroxyl groups is 1. The quantitative estimate of drug-likeness (QED) is 0.0770. The summed E-state index contributed by atoms with van der Waals surface area (Å²) in [6.07, 6.45) is 7.73. The Balaban J connectivity index is 0.000000374. The summed E-state index contributed by atoms with van der Waals surface area (Å²) in [5.74, 6) is 1.22. The van der Waals surface area contributed by atoms with Crippen LogP contribution in [-0.2, 0) is 31.3 Å². The number of ketones is 1. The van der Waals surface area contributed by atoms with Crippen molar-refractivity contribution in [1.82, 2.24) is 9.97 Å². The molecule has 0 unspecified atom stereocenters. The van der Waals surface area contributed by atoms with Crippen LogP contribution in [0.25, 0.3) is 41.7 Å². The maximum absolute atomic E-state index is 11.7. The van der Waals surface area contributed by atoms with E-state index in [9.17, 15) is 9.90 Å². The number of benzene rings is 2. The Morgan fingerprint density at radius 1 is 0.804 bits per heavy atom. The van der Waals surface area contributed by atoms with Crippen LogP contribution in [0.15, 0.2) is 54.6 Å². The van der Waals surface area contributed by atoms with Gasteiger partial charge in [-0.3, -0.25) is 9.78 Å². The van der Waals surface area contributed by atoms with Gasteiger partial charge in [0.05, 0.1) is 11.3 Å². The van der Waals surface area contributed by atoms with Gasteiger partial charge >= 0.3 is 0 Å². The summed E-state index contributed by atoms with van der Waals surface area (Å²) in [6, 6.07) is 17.0. The number of rotatable bonds is 12. The zero-order valence-electron chi connectivity index (χ0n) is 32.3. The number of aliphatic hydroxyl groups excluding tert-OH is 1. The summed E-state index contributed by atoms with van der Waals surface area (Å²) < 4.78 is 1.14. The molecule has 5 aromatic rings. The molecule has 7 heteroatoms. The molecule has 3 aromatic heterocycles. The fraction of sp³-hybridized carbons (Fsp3) is 0.432. The molecule has 0 aliphatic carbocycles. The maximum atomic E-state index is 11.7. The molecule has 3 heterocycles. The van der Waals surface area contributed by atoms with Crippen molar-refractivity contribution in [3.05, 3.63) is 94.0 Å². The summed E-state index contributed by atoms with van der Waals surface area (Å²) in [4.78, 5) is 25.1. The predicted molar refractivity (Wildman–Crippen MR) is 217 cm³/mol. The van der Waals surface area contributed by atoms with E-state index >= 15 is 0 Å². The number of nitrogens with zero attached hydrogens (tertiary/aromatic N) is 2. The van der Waals surface area contributed by atoms with Crippen molar-refractivity contribution >= 4 is 38.7 Å². The van der Waals surface area contributed by atoms with E-state index in [1.165, 1.54) is 54.1 Å². The van der Waals surface area contributed by atoms with Gasteiger partial charge in [0, 0.05) is 63.0 Å². The maximum Gasteiger partial charge on any atom is 0.162 e. The molecule has 0 aliphatic heterocycles. The summed E-state index contributed by atoms with van der Waals surface area (Å²) in [6.45, 7) is 23.5. The molecule has 5 rings (SSSR count). The Morgan fingerprint density at radius 3 is 1.96 bits per heavy atom. The second-order valence-electron chi connectivity index (χ2n) is 14.0. The van der Waals surface area contributed by atoms with Gasteiger partial charge in [-0.2, -0.15) is 0 Å². The molecular formula is C44H55IrN2O2S2-. The first-order chi connectivity index (χ1) is 23.8. The number of aryl methyl sites for hydroxylation is 3. The molecule has 0 amide bonds. The Kier molecular flexibility index (Phi) is 16.0. The molecule has 4 nitrogen and oxygen atoms in total. The van der Waals surface area contributed by atoms with Crippen molar-refractivity contribution in [1.29, 1.82) is 0 Å². The van der Waals surface area contributed by atoms with Gasteiger partial charge in [-0.15, -0.1) is 57.6 Å². The van der Waals surface area contributed by atoms with Crippen molar-refractivity contribution < 1.29 is 30.0 Å². The summed E-state index contributed by atoms with van der Waals surface area (Å²) in [7, 11) is 0. The van der Waals surface area contributed by atoms with Gasteiger partial charge in [-0.1, -0.05) is 79.7 Å². The average Bonchev–Trinajstić information content (AvgIpc) is 3.56. The van der Waals surface area contributed by atoms with Crippen LogP contribution in [0, 0.1) is 58.4 Å². The van der Waals surface area contributed by atoms with Gasteiger partial charge in [0.25, 0.3) is 0 Å². The van der Waals surface area contributed by atoms with Gasteiger partial charge in [0.15, 0.2) is 5.78 Å². The molecule has 0 bridgehead atoms. The van der Waals surface area contributed by atoms with E-state index in [4.69, 9.17) is 9.97 Å². The molecular weight excluding hydrogens is 845 g/mol. The molecule has 0 atom stereocenters. The third-order valence-corrected chi connectivity index (χ3v) is 12.6. The van der Waals surface area contributed by atoms with Crippen molar-refractivity contribution in [2.75, 3.05) is 0 Å². The van der Waals surface area contributed by atoms with Gasteiger partial charge in [-0.05, 0) is 86.6 Å². The van der Waals surface area contributed by atoms with E-state index in [1.54, 1.807) is 6.33 Å². The van der Waals surface area contributed by atoms with Crippen LogP contribution in [0.3, 0.4) is 0 Å². The SMILES string of the molecule is CCC(CC)C(=O)/C=C(\O)C(CC)CC.Cc1[c-]c(-c2ncnc3c(C)c(-c4sc(-c5ccc(CC(C)C)cc5)c(C)c4C)sc23)cc(C)c1.[Ir]. The van der Waals surface area contributed by atoms with Gasteiger partial charge in [0.2, 0.25) is 0 Å². The minimum Gasteiger partial charge on any atom is -0.512 e. The van der Waals surface area contributed by atoms with Crippen LogP contribution in [-0.4, -0.2) is 20.9 Å².